The van der Waals surface area contributed by atoms with Crippen LogP contribution < -0.4 is 14.9 Å². The highest BCUT2D eigenvalue weighted by atomic mass is 127. The normalized spacial score (nSPS) is 11.4. The number of nitrogens with one attached hydrogen (secondary N) is 1. The summed E-state index contributed by atoms with van der Waals surface area (Å²) in [6, 6.07) is 26.3. The zero-order chi connectivity index (χ0) is 27.8. The minimum Gasteiger partial charge on any atom is -0.490 e. The molecule has 4 aromatic carbocycles. The average molecular weight is 675 g/mol. The van der Waals surface area contributed by atoms with Gasteiger partial charge < -0.3 is 14.6 Å². The first-order valence-corrected chi connectivity index (χ1v) is 13.9. The van der Waals surface area contributed by atoms with E-state index in [2.05, 4.69) is 33.1 Å². The molecule has 0 bridgehead atoms. The molecule has 2 N–H and O–H groups in total. The van der Waals surface area contributed by atoms with Gasteiger partial charge in [-0.1, -0.05) is 89.9 Å². The highest BCUT2D eigenvalue weighted by molar-refractivity contribution is 14.1. The summed E-state index contributed by atoms with van der Waals surface area (Å²) in [6.45, 7) is 2.53. The van der Waals surface area contributed by atoms with E-state index in [0.29, 0.717) is 44.8 Å². The quantitative estimate of drug-likeness (QED) is 0.108. The Hall–Kier alpha value is -3.11. The van der Waals surface area contributed by atoms with E-state index in [1.165, 1.54) is 6.21 Å². The van der Waals surface area contributed by atoms with Crippen LogP contribution in [0.4, 0.5) is 0 Å². The molecule has 1 amide bonds. The van der Waals surface area contributed by atoms with Gasteiger partial charge in [0, 0.05) is 15.6 Å². The number of halogens is 3. The molecular formula is C30H25Cl2IN2O4. The number of amides is 1. The Bertz CT molecular complexity index is 1430. The Balaban J connectivity index is 1.54. The molecule has 39 heavy (non-hydrogen) atoms. The summed E-state index contributed by atoms with van der Waals surface area (Å²) in [5.74, 6) is 0.398. The molecule has 0 atom stereocenters. The summed E-state index contributed by atoms with van der Waals surface area (Å²) < 4.78 is 12.7. The van der Waals surface area contributed by atoms with E-state index >= 15 is 0 Å². The molecule has 0 fully saturated rings. The third-order valence-corrected chi connectivity index (χ3v) is 7.20. The fourth-order valence-electron chi connectivity index (χ4n) is 3.89. The molecular weight excluding hydrogens is 650 g/mol. The zero-order valence-electron chi connectivity index (χ0n) is 20.9. The van der Waals surface area contributed by atoms with Crippen LogP contribution in [0, 0.1) is 3.57 Å². The van der Waals surface area contributed by atoms with Crippen molar-refractivity contribution in [1.82, 2.24) is 5.43 Å². The second-order valence-corrected chi connectivity index (χ2v) is 10.4. The summed E-state index contributed by atoms with van der Waals surface area (Å²) in [4.78, 5) is 13.3. The van der Waals surface area contributed by atoms with Crippen molar-refractivity contribution in [1.29, 1.82) is 0 Å². The van der Waals surface area contributed by atoms with Gasteiger partial charge in [-0.15, -0.1) is 0 Å². The van der Waals surface area contributed by atoms with Crippen LogP contribution in [0.5, 0.6) is 11.5 Å². The molecule has 0 aliphatic carbocycles. The van der Waals surface area contributed by atoms with Crippen LogP contribution >= 0.6 is 45.8 Å². The van der Waals surface area contributed by atoms with Crippen molar-refractivity contribution in [2.24, 2.45) is 5.10 Å². The number of carbonyl (C=O) groups is 1. The van der Waals surface area contributed by atoms with Gasteiger partial charge in [0.25, 0.3) is 5.91 Å². The number of rotatable bonds is 10. The largest absolute Gasteiger partial charge is 0.490 e. The van der Waals surface area contributed by atoms with E-state index < -0.39 is 11.5 Å². The van der Waals surface area contributed by atoms with Gasteiger partial charge in [0.2, 0.25) is 0 Å². The van der Waals surface area contributed by atoms with E-state index in [4.69, 9.17) is 32.7 Å². The first-order valence-electron chi connectivity index (χ1n) is 12.0. The highest BCUT2D eigenvalue weighted by Crippen LogP contribution is 2.35. The number of benzene rings is 4. The number of hydrogen-bond acceptors (Lipinski definition) is 5. The third kappa shape index (κ3) is 6.91. The molecule has 9 heteroatoms. The molecule has 0 aromatic heterocycles. The molecule has 0 aliphatic heterocycles. The van der Waals surface area contributed by atoms with Gasteiger partial charge >= 0.3 is 0 Å². The van der Waals surface area contributed by atoms with Crippen LogP contribution in [0.2, 0.25) is 10.0 Å². The van der Waals surface area contributed by atoms with Gasteiger partial charge in [0.15, 0.2) is 17.1 Å². The van der Waals surface area contributed by atoms with Crippen molar-refractivity contribution in [3.8, 4) is 11.5 Å². The minimum absolute atomic E-state index is 0.229. The molecule has 0 saturated carbocycles. The number of aliphatic hydroxyl groups is 1. The number of ether oxygens (including phenoxy) is 2. The standard InChI is InChI=1S/C30H25Cl2IN2O4/c1-2-38-27-16-20(15-26(33)28(27)39-19-21-13-14-24(31)17-25(21)32)18-34-35-29(36)30(37,22-9-5-3-6-10-22)23-11-7-4-8-12-23/h3-18,37H,2,19H2,1H3,(H,35,36)/b34-18+. The van der Waals surface area contributed by atoms with E-state index in [1.807, 2.05) is 31.2 Å². The van der Waals surface area contributed by atoms with Crippen molar-refractivity contribution in [2.75, 3.05) is 6.61 Å². The fourth-order valence-corrected chi connectivity index (χ4v) is 5.13. The second-order valence-electron chi connectivity index (χ2n) is 8.43. The van der Waals surface area contributed by atoms with Crippen LogP contribution in [0.3, 0.4) is 0 Å². The molecule has 0 heterocycles. The molecule has 0 aliphatic rings. The van der Waals surface area contributed by atoms with Crippen molar-refractivity contribution >= 4 is 57.9 Å². The zero-order valence-corrected chi connectivity index (χ0v) is 24.6. The Morgan fingerprint density at radius 3 is 2.21 bits per heavy atom. The van der Waals surface area contributed by atoms with Crippen molar-refractivity contribution in [2.45, 2.75) is 19.1 Å². The topological polar surface area (TPSA) is 80.2 Å². The van der Waals surface area contributed by atoms with Gasteiger partial charge in [0.05, 0.1) is 16.4 Å². The maximum atomic E-state index is 13.3. The van der Waals surface area contributed by atoms with Gasteiger partial charge in [-0.3, -0.25) is 4.79 Å². The van der Waals surface area contributed by atoms with Crippen LogP contribution in [0.1, 0.15) is 29.2 Å². The number of nitrogens with zero attached hydrogens (tertiary/aromatic N) is 1. The summed E-state index contributed by atoms with van der Waals surface area (Å²) in [5.41, 5.74) is 2.89. The monoisotopic (exact) mass is 674 g/mol. The number of hydrazone groups is 1. The summed E-state index contributed by atoms with van der Waals surface area (Å²) in [7, 11) is 0. The second kappa shape index (κ2) is 13.3. The van der Waals surface area contributed by atoms with Crippen LogP contribution in [0.15, 0.2) is 96.1 Å². The molecule has 4 rings (SSSR count). The third-order valence-electron chi connectivity index (χ3n) is 5.81. The van der Waals surface area contributed by atoms with Gasteiger partial charge in [0.1, 0.15) is 6.61 Å². The lowest BCUT2D eigenvalue weighted by atomic mass is 9.85. The lowest BCUT2D eigenvalue weighted by molar-refractivity contribution is -0.136. The Labute approximate surface area is 250 Å². The van der Waals surface area contributed by atoms with Gasteiger partial charge in [-0.05, 0) is 70.5 Å². The highest BCUT2D eigenvalue weighted by Gasteiger charge is 2.39. The summed E-state index contributed by atoms with van der Waals surface area (Å²) in [5, 5.41) is 16.8. The van der Waals surface area contributed by atoms with Crippen molar-refractivity contribution < 1.29 is 19.4 Å². The minimum atomic E-state index is -1.93. The van der Waals surface area contributed by atoms with E-state index in [1.54, 1.807) is 66.7 Å². The average Bonchev–Trinajstić information content (AvgIpc) is 2.94. The number of hydrogen-bond donors (Lipinski definition) is 2. The predicted octanol–water partition coefficient (Wildman–Crippen LogP) is 6.96. The number of carbonyl (C=O) groups excluding carboxylic acids is 1. The van der Waals surface area contributed by atoms with Gasteiger partial charge in [-0.25, -0.2) is 5.43 Å². The maximum Gasteiger partial charge on any atom is 0.281 e. The van der Waals surface area contributed by atoms with Crippen LogP contribution in [-0.4, -0.2) is 23.8 Å². The van der Waals surface area contributed by atoms with Gasteiger partial charge in [-0.2, -0.15) is 5.10 Å². The maximum absolute atomic E-state index is 13.3. The van der Waals surface area contributed by atoms with Crippen LogP contribution in [0.25, 0.3) is 0 Å². The van der Waals surface area contributed by atoms with E-state index in [-0.39, 0.29) is 6.61 Å². The van der Waals surface area contributed by atoms with E-state index in [0.717, 1.165) is 9.13 Å². The molecule has 0 radical (unpaired) electrons. The molecule has 200 valence electrons. The molecule has 0 saturated heterocycles. The molecule has 0 unspecified atom stereocenters. The summed E-state index contributed by atoms with van der Waals surface area (Å²) >= 11 is 14.4. The SMILES string of the molecule is CCOc1cc(/C=N/NC(=O)C(O)(c2ccccc2)c2ccccc2)cc(I)c1OCc1ccc(Cl)cc1Cl. The molecule has 0 spiro atoms. The molecule has 4 aromatic rings. The Kier molecular flexibility index (Phi) is 9.85. The fraction of sp³-hybridized carbons (Fsp3) is 0.133. The van der Waals surface area contributed by atoms with Crippen LogP contribution in [-0.2, 0) is 17.0 Å². The Morgan fingerprint density at radius 2 is 1.62 bits per heavy atom. The lowest BCUT2D eigenvalue weighted by Crippen LogP contribution is -2.43. The Morgan fingerprint density at radius 1 is 0.974 bits per heavy atom. The molecule has 6 nitrogen and oxygen atoms in total. The summed E-state index contributed by atoms with van der Waals surface area (Å²) in [6.07, 6.45) is 1.48. The lowest BCUT2D eigenvalue weighted by Gasteiger charge is -2.27. The first kappa shape index (κ1) is 28.9. The first-order chi connectivity index (χ1) is 18.8. The van der Waals surface area contributed by atoms with E-state index in [9.17, 15) is 9.90 Å². The van der Waals surface area contributed by atoms with Crippen molar-refractivity contribution in [3.05, 3.63) is 127 Å². The predicted molar refractivity (Wildman–Crippen MR) is 163 cm³/mol. The smallest absolute Gasteiger partial charge is 0.281 e. The van der Waals surface area contributed by atoms with Crippen molar-refractivity contribution in [3.63, 3.8) is 0 Å².